The van der Waals surface area contributed by atoms with E-state index in [9.17, 15) is 9.59 Å². The first-order valence-electron chi connectivity index (χ1n) is 8.85. The molecule has 0 aliphatic heterocycles. The van der Waals surface area contributed by atoms with Crippen LogP contribution in [0.2, 0.25) is 0 Å². The van der Waals surface area contributed by atoms with Crippen LogP contribution in [0.25, 0.3) is 22.4 Å². The number of hydrogen-bond acceptors (Lipinski definition) is 6. The highest BCUT2D eigenvalue weighted by Crippen LogP contribution is 2.17. The lowest BCUT2D eigenvalue weighted by Crippen LogP contribution is -2.15. The van der Waals surface area contributed by atoms with E-state index in [1.165, 1.54) is 6.07 Å². The van der Waals surface area contributed by atoms with Gasteiger partial charge in [0, 0.05) is 11.6 Å². The van der Waals surface area contributed by atoms with Crippen LogP contribution < -0.4 is 15.9 Å². The Bertz CT molecular complexity index is 1250. The number of nitrogens with one attached hydrogen (secondary N) is 1. The number of fused-ring (bicyclic) bond motifs is 1. The molecule has 0 saturated carbocycles. The summed E-state index contributed by atoms with van der Waals surface area (Å²) in [6.07, 6.45) is 0.517. The van der Waals surface area contributed by atoms with Crippen molar-refractivity contribution in [3.63, 3.8) is 0 Å². The van der Waals surface area contributed by atoms with Gasteiger partial charge in [0.2, 0.25) is 5.71 Å². The molecule has 3 aromatic heterocycles. The first-order chi connectivity index (χ1) is 13.6. The van der Waals surface area contributed by atoms with Crippen molar-refractivity contribution in [1.29, 1.82) is 0 Å². The summed E-state index contributed by atoms with van der Waals surface area (Å²) in [6.45, 7) is 1.95. The summed E-state index contributed by atoms with van der Waals surface area (Å²) in [4.78, 5) is 35.3. The summed E-state index contributed by atoms with van der Waals surface area (Å²) < 4.78 is 10.7. The molecule has 0 bridgehead atoms. The van der Waals surface area contributed by atoms with E-state index < -0.39 is 11.2 Å². The lowest BCUT2D eigenvalue weighted by Gasteiger charge is -2.08. The van der Waals surface area contributed by atoms with Gasteiger partial charge in [-0.05, 0) is 24.1 Å². The van der Waals surface area contributed by atoms with Gasteiger partial charge in [-0.25, -0.2) is 9.78 Å². The van der Waals surface area contributed by atoms with E-state index in [1.54, 1.807) is 0 Å². The molecule has 7 nitrogen and oxygen atoms in total. The average Bonchev–Trinajstić information content (AvgIpc) is 2.72. The molecular formula is C21H17N3O4. The largest absolute Gasteiger partial charge is 0.458 e. The van der Waals surface area contributed by atoms with Crippen molar-refractivity contribution in [2.24, 2.45) is 0 Å². The highest BCUT2D eigenvalue weighted by Gasteiger charge is 2.12. The molecule has 0 spiro atoms. The van der Waals surface area contributed by atoms with Gasteiger partial charge < -0.3 is 9.15 Å². The molecule has 0 fully saturated rings. The van der Waals surface area contributed by atoms with Gasteiger partial charge in [0.25, 0.3) is 11.6 Å². The minimum absolute atomic E-state index is 0.0270. The molecule has 0 aliphatic carbocycles. The Kier molecular flexibility index (Phi) is 4.72. The zero-order valence-corrected chi connectivity index (χ0v) is 15.1. The second-order valence-corrected chi connectivity index (χ2v) is 6.16. The Hall–Kier alpha value is -3.74. The third-order valence-corrected chi connectivity index (χ3v) is 4.29. The number of pyridine rings is 1. The van der Waals surface area contributed by atoms with Crippen molar-refractivity contribution in [2.45, 2.75) is 20.0 Å². The number of nitrogens with zero attached hydrogens (tertiary/aromatic N) is 2. The summed E-state index contributed by atoms with van der Waals surface area (Å²) in [5.74, 6) is 0. The molecule has 0 amide bonds. The summed E-state index contributed by atoms with van der Waals surface area (Å²) in [5.41, 5.74) is 2.08. The molecule has 0 aliphatic rings. The molecule has 28 heavy (non-hydrogen) atoms. The molecule has 4 rings (SSSR count). The number of aryl methyl sites for hydroxylation is 1. The maximum atomic E-state index is 12.4. The highest BCUT2D eigenvalue weighted by molar-refractivity contribution is 5.75. The predicted molar refractivity (Wildman–Crippen MR) is 104 cm³/mol. The fourth-order valence-electron chi connectivity index (χ4n) is 2.95. The summed E-state index contributed by atoms with van der Waals surface area (Å²) >= 11 is 0. The van der Waals surface area contributed by atoms with Crippen molar-refractivity contribution in [3.05, 3.63) is 86.6 Å². The number of aromatic amines is 1. The number of H-pyrrole nitrogens is 1. The van der Waals surface area contributed by atoms with Crippen molar-refractivity contribution < 1.29 is 9.15 Å². The molecule has 0 atom stereocenters. The van der Waals surface area contributed by atoms with E-state index in [0.717, 1.165) is 11.3 Å². The Morgan fingerprint density at radius 1 is 1.04 bits per heavy atom. The fourth-order valence-corrected chi connectivity index (χ4v) is 2.95. The summed E-state index contributed by atoms with van der Waals surface area (Å²) in [7, 11) is 0. The lowest BCUT2D eigenvalue weighted by molar-refractivity contribution is 0.275. The smallest absolute Gasteiger partial charge is 0.337 e. The molecule has 4 aromatic rings. The van der Waals surface area contributed by atoms with Gasteiger partial charge in [0.05, 0.1) is 11.4 Å². The van der Waals surface area contributed by atoms with Crippen LogP contribution in [0.4, 0.5) is 0 Å². The molecular weight excluding hydrogens is 358 g/mol. The molecule has 0 unspecified atom stereocenters. The number of hydrogen-bond donors (Lipinski definition) is 1. The van der Waals surface area contributed by atoms with Crippen LogP contribution in [0.15, 0.2) is 68.6 Å². The van der Waals surface area contributed by atoms with Gasteiger partial charge in [-0.1, -0.05) is 43.3 Å². The van der Waals surface area contributed by atoms with E-state index in [0.29, 0.717) is 17.7 Å². The normalized spacial score (nSPS) is 10.9. The monoisotopic (exact) mass is 375 g/mol. The van der Waals surface area contributed by atoms with Gasteiger partial charge in [-0.2, -0.15) is 4.98 Å². The Balaban J connectivity index is 1.61. The van der Waals surface area contributed by atoms with Gasteiger partial charge in [0.15, 0.2) is 0 Å². The van der Waals surface area contributed by atoms with Crippen LogP contribution in [0.5, 0.6) is 6.01 Å². The quantitative estimate of drug-likeness (QED) is 0.576. The molecule has 140 valence electrons. The molecule has 1 aromatic carbocycles. The second-order valence-electron chi connectivity index (χ2n) is 6.16. The number of benzene rings is 1. The van der Waals surface area contributed by atoms with Gasteiger partial charge in [-0.3, -0.25) is 9.78 Å². The van der Waals surface area contributed by atoms with Gasteiger partial charge >= 0.3 is 5.63 Å². The summed E-state index contributed by atoms with van der Waals surface area (Å²) in [6, 6.07) is 16.7. The zero-order chi connectivity index (χ0) is 19.5. The molecule has 0 saturated heterocycles. The minimum Gasteiger partial charge on any atom is -0.458 e. The van der Waals surface area contributed by atoms with Gasteiger partial charge in [0.1, 0.15) is 12.0 Å². The van der Waals surface area contributed by atoms with E-state index in [2.05, 4.69) is 15.0 Å². The van der Waals surface area contributed by atoms with Crippen molar-refractivity contribution in [2.75, 3.05) is 0 Å². The molecule has 1 N–H and O–H groups in total. The van der Waals surface area contributed by atoms with Crippen molar-refractivity contribution in [3.8, 4) is 17.3 Å². The number of aromatic nitrogens is 3. The molecule has 7 heteroatoms. The van der Waals surface area contributed by atoms with E-state index in [4.69, 9.17) is 9.15 Å². The highest BCUT2D eigenvalue weighted by atomic mass is 16.5. The zero-order valence-electron chi connectivity index (χ0n) is 15.1. The average molecular weight is 375 g/mol. The van der Waals surface area contributed by atoms with Crippen LogP contribution in [-0.2, 0) is 13.0 Å². The summed E-state index contributed by atoms with van der Waals surface area (Å²) in [5, 5.41) is 0.263. The van der Waals surface area contributed by atoms with Crippen LogP contribution in [0.3, 0.4) is 0 Å². The number of rotatable bonds is 5. The van der Waals surface area contributed by atoms with E-state index in [-0.39, 0.29) is 23.7 Å². The number of ether oxygens (including phenoxy) is 1. The first-order valence-corrected chi connectivity index (χ1v) is 8.85. The Morgan fingerprint density at radius 3 is 2.64 bits per heavy atom. The van der Waals surface area contributed by atoms with E-state index in [1.807, 2.05) is 55.5 Å². The van der Waals surface area contributed by atoms with Crippen LogP contribution in [0, 0.1) is 0 Å². The third-order valence-electron chi connectivity index (χ3n) is 4.29. The van der Waals surface area contributed by atoms with Crippen LogP contribution in [-0.4, -0.2) is 15.0 Å². The fraction of sp³-hybridized carbons (Fsp3) is 0.143. The maximum Gasteiger partial charge on any atom is 0.337 e. The standard InChI is InChI=1S/C21H17N3O4/c1-2-13-11-17(25)28-20-18(13)19(26)23-21(24-20)27-12-15-9-6-10-16(22-15)14-7-4-3-5-8-14/h3-11H,2,12H2,1H3,(H,23,24,26). The van der Waals surface area contributed by atoms with Crippen LogP contribution >= 0.6 is 0 Å². The molecule has 3 heterocycles. The minimum atomic E-state index is -0.550. The maximum absolute atomic E-state index is 12.4. The lowest BCUT2D eigenvalue weighted by atomic mass is 10.1. The second kappa shape index (κ2) is 7.48. The van der Waals surface area contributed by atoms with Gasteiger partial charge in [-0.15, -0.1) is 0 Å². The Labute approximate surface area is 159 Å². The molecule has 0 radical (unpaired) electrons. The first kappa shape index (κ1) is 17.7. The van der Waals surface area contributed by atoms with Crippen molar-refractivity contribution >= 4 is 11.1 Å². The topological polar surface area (TPSA) is 98.1 Å². The third kappa shape index (κ3) is 3.55. The van der Waals surface area contributed by atoms with E-state index >= 15 is 0 Å². The predicted octanol–water partition coefficient (Wildman–Crippen LogP) is 3.08. The van der Waals surface area contributed by atoms with Crippen molar-refractivity contribution in [1.82, 2.24) is 15.0 Å². The van der Waals surface area contributed by atoms with Crippen LogP contribution in [0.1, 0.15) is 18.2 Å². The Morgan fingerprint density at radius 2 is 1.86 bits per heavy atom. The SMILES string of the molecule is CCc1cc(=O)oc2nc(OCc3cccc(-c4ccccc4)n3)[nH]c(=O)c12.